The zero-order chi connectivity index (χ0) is 35.4. The summed E-state index contributed by atoms with van der Waals surface area (Å²) in [4.78, 5) is 12.4. The number of rotatable bonds is 12. The van der Waals surface area contributed by atoms with Gasteiger partial charge >= 0.3 is 0 Å². The smallest absolute Gasteiger partial charge is 0.0625 e. The van der Waals surface area contributed by atoms with Crippen molar-refractivity contribution in [2.45, 2.75) is 206 Å². The van der Waals surface area contributed by atoms with E-state index in [-0.39, 0.29) is 37.1 Å². The zero-order valence-electron chi connectivity index (χ0n) is 33.9. The van der Waals surface area contributed by atoms with Crippen molar-refractivity contribution in [2.24, 2.45) is 0 Å². The highest BCUT2D eigenvalue weighted by Gasteiger charge is 2.24. The first-order chi connectivity index (χ1) is 22.3. The molecular weight excluding hydrogens is 645 g/mol. The first-order valence-corrected chi connectivity index (χ1v) is 19.8. The van der Waals surface area contributed by atoms with Crippen LogP contribution in [0.5, 0.6) is 0 Å². The van der Waals surface area contributed by atoms with E-state index in [0.29, 0.717) is 36.4 Å². The molecule has 4 rings (SSSR count). The Hall–Kier alpha value is -0.320. The van der Waals surface area contributed by atoms with Crippen LogP contribution in [0.2, 0.25) is 0 Å². The Balaban J connectivity index is -0.000000183. The summed E-state index contributed by atoms with van der Waals surface area (Å²) < 4.78 is 11.3. The maximum absolute atomic E-state index is 5.71. The van der Waals surface area contributed by atoms with Crippen LogP contribution in [0.3, 0.4) is 0 Å². The maximum atomic E-state index is 5.71. The fourth-order valence-electron chi connectivity index (χ4n) is 7.05. The molecule has 4 heterocycles. The number of nitrogens with one attached hydrogen (secondary N) is 1. The third-order valence-electron chi connectivity index (χ3n) is 10.4. The number of ether oxygens (including phenoxy) is 2. The third-order valence-corrected chi connectivity index (χ3v) is 10.4. The van der Waals surface area contributed by atoms with Crippen molar-refractivity contribution in [3.8, 4) is 0 Å². The number of likely N-dealkylation sites (N-methyl/N-ethyl adjacent to an activating group) is 2. The van der Waals surface area contributed by atoms with Gasteiger partial charge in [-0.05, 0) is 153 Å². The average molecular weight is 749 g/mol. The highest BCUT2D eigenvalue weighted by atomic mass is 16.5. The predicted molar refractivity (Wildman–Crippen MR) is 239 cm³/mol. The van der Waals surface area contributed by atoms with E-state index < -0.39 is 0 Å². The van der Waals surface area contributed by atoms with Crippen molar-refractivity contribution >= 4 is 0 Å². The second-order valence-electron chi connectivity index (χ2n) is 15.8. The molecule has 4 aliphatic heterocycles. The molecule has 52 heavy (non-hydrogen) atoms. The molecule has 8 heteroatoms. The first-order valence-electron chi connectivity index (χ1n) is 19.8. The van der Waals surface area contributed by atoms with E-state index in [1.807, 2.05) is 0 Å². The molecule has 0 bridgehead atoms. The van der Waals surface area contributed by atoms with Crippen molar-refractivity contribution in [1.29, 1.82) is 0 Å². The molecule has 0 radical (unpaired) electrons. The topological polar surface area (TPSA) is 46.7 Å². The molecule has 8 nitrogen and oxygen atoms in total. The summed E-state index contributed by atoms with van der Waals surface area (Å²) in [6.45, 7) is 33.9. The molecule has 4 aliphatic rings. The van der Waals surface area contributed by atoms with Crippen molar-refractivity contribution in [3.05, 3.63) is 0 Å². The molecule has 0 aromatic rings. The molecule has 0 aliphatic carbocycles. The largest absolute Gasteiger partial charge is 0.377 e. The van der Waals surface area contributed by atoms with Crippen molar-refractivity contribution in [1.82, 2.24) is 29.8 Å². The summed E-state index contributed by atoms with van der Waals surface area (Å²) in [6.07, 6.45) is 11.8. The molecule has 0 saturated carbocycles. The van der Waals surface area contributed by atoms with Gasteiger partial charge in [0.15, 0.2) is 0 Å². The number of nitrogens with zero attached hydrogens (tertiary/aromatic N) is 5. The number of hydrogen-bond donors (Lipinski definition) is 1. The van der Waals surface area contributed by atoms with Gasteiger partial charge in [-0.1, -0.05) is 64.8 Å². The molecule has 4 saturated heterocycles. The second kappa shape index (κ2) is 35.1. The molecule has 1 N–H and O–H groups in total. The minimum Gasteiger partial charge on any atom is -0.377 e. The first kappa shape index (κ1) is 60.9. The third kappa shape index (κ3) is 27.3. The van der Waals surface area contributed by atoms with Crippen LogP contribution in [0.1, 0.15) is 158 Å². The summed E-state index contributed by atoms with van der Waals surface area (Å²) in [7, 11) is 6.64. The highest BCUT2D eigenvalue weighted by molar-refractivity contribution is 4.81. The SMILES string of the molecule is C.C.C.C.C.CC(C)N(C)C1CCN(C)CC1.CC(C)OC1CCN(C)CC1.CCN1CCCC1CNC(C)C.CCN1CCCC1COC(C)C. The summed E-state index contributed by atoms with van der Waals surface area (Å²) >= 11 is 0. The van der Waals surface area contributed by atoms with Crippen LogP contribution in [0.15, 0.2) is 0 Å². The van der Waals surface area contributed by atoms with Crippen molar-refractivity contribution < 1.29 is 9.47 Å². The molecule has 2 unspecified atom stereocenters. The molecule has 2 atom stereocenters. The Morgan fingerprint density at radius 1 is 0.615 bits per heavy atom. The van der Waals surface area contributed by atoms with Gasteiger partial charge in [0.2, 0.25) is 0 Å². The van der Waals surface area contributed by atoms with Gasteiger partial charge < -0.3 is 29.5 Å². The van der Waals surface area contributed by atoms with Crippen LogP contribution in [0, 0.1) is 0 Å². The van der Waals surface area contributed by atoms with Gasteiger partial charge in [-0.15, -0.1) is 0 Å². The quantitative estimate of drug-likeness (QED) is 0.212. The highest BCUT2D eigenvalue weighted by Crippen LogP contribution is 2.18. The standard InChI is InChI=1S/2C10H22N2.C10H21NO.C9H19NO.5CH4/c1-9(2)12(4)10-5-7-11(3)8-6-10;1-4-12-7-5-6-10(12)8-11-9(2)3;1-4-11-7-5-6-10(11)8-12-9(2)3;1-8(2)11-9-4-6-10(3)7-5-9;;;;;/h9-10H,5-8H2,1-4H3;9-11H,4-8H2,1-3H3;9-10H,4-8H2,1-3H3;8-9H,4-7H2,1-3H3;5*1H4. The maximum Gasteiger partial charge on any atom is 0.0625 e. The summed E-state index contributed by atoms with van der Waals surface area (Å²) in [5.74, 6) is 0. The number of piperidine rings is 2. The lowest BCUT2D eigenvalue weighted by atomic mass is 10.0. The van der Waals surface area contributed by atoms with Crippen LogP contribution < -0.4 is 5.32 Å². The normalized spacial score (nSPS) is 21.8. The van der Waals surface area contributed by atoms with Crippen LogP contribution in [-0.2, 0) is 9.47 Å². The van der Waals surface area contributed by atoms with E-state index in [9.17, 15) is 0 Å². The lowest BCUT2D eigenvalue weighted by Crippen LogP contribution is -2.44. The molecule has 0 spiro atoms. The summed E-state index contributed by atoms with van der Waals surface area (Å²) in [5, 5.41) is 3.51. The van der Waals surface area contributed by atoms with Crippen LogP contribution >= 0.6 is 0 Å². The van der Waals surface area contributed by atoms with E-state index in [2.05, 4.69) is 120 Å². The van der Waals surface area contributed by atoms with Crippen LogP contribution in [0.25, 0.3) is 0 Å². The van der Waals surface area contributed by atoms with Gasteiger partial charge in [-0.2, -0.15) is 0 Å². The Kier molecular flexibility index (Phi) is 41.1. The Labute approximate surface area is 331 Å². The summed E-state index contributed by atoms with van der Waals surface area (Å²) in [6, 6.07) is 3.64. The summed E-state index contributed by atoms with van der Waals surface area (Å²) in [5.41, 5.74) is 0. The number of likely N-dealkylation sites (tertiary alicyclic amines) is 4. The fourth-order valence-corrected chi connectivity index (χ4v) is 7.05. The van der Waals surface area contributed by atoms with Gasteiger partial charge in [0, 0.05) is 49.8 Å². The monoisotopic (exact) mass is 749 g/mol. The van der Waals surface area contributed by atoms with E-state index in [1.165, 1.54) is 110 Å². The van der Waals surface area contributed by atoms with Gasteiger partial charge in [0.1, 0.15) is 0 Å². The van der Waals surface area contributed by atoms with Crippen LogP contribution in [-0.4, -0.2) is 160 Å². The van der Waals surface area contributed by atoms with Gasteiger partial charge in [0.05, 0.1) is 24.9 Å². The Morgan fingerprint density at radius 3 is 1.46 bits per heavy atom. The van der Waals surface area contributed by atoms with Crippen LogP contribution in [0.4, 0.5) is 0 Å². The lowest BCUT2D eigenvalue weighted by Gasteiger charge is -2.37. The van der Waals surface area contributed by atoms with Crippen molar-refractivity contribution in [3.63, 3.8) is 0 Å². The molecule has 0 amide bonds. The van der Waals surface area contributed by atoms with Gasteiger partial charge in [-0.3, -0.25) is 9.80 Å². The van der Waals surface area contributed by atoms with Crippen molar-refractivity contribution in [2.75, 3.05) is 86.7 Å². The Bertz CT molecular complexity index is 694. The van der Waals surface area contributed by atoms with E-state index >= 15 is 0 Å². The minimum atomic E-state index is 0. The molecular formula is C44H104N6O2. The fraction of sp³-hybridized carbons (Fsp3) is 1.00. The van der Waals surface area contributed by atoms with E-state index in [1.54, 1.807) is 0 Å². The Morgan fingerprint density at radius 2 is 1.06 bits per heavy atom. The second-order valence-corrected chi connectivity index (χ2v) is 15.8. The molecule has 0 aromatic heterocycles. The number of hydrogen-bond acceptors (Lipinski definition) is 8. The average Bonchev–Trinajstić information content (AvgIpc) is 3.70. The van der Waals surface area contributed by atoms with Gasteiger partial charge in [-0.25, -0.2) is 0 Å². The molecule has 4 fully saturated rings. The minimum absolute atomic E-state index is 0. The lowest BCUT2D eigenvalue weighted by molar-refractivity contribution is -0.0232. The molecule has 0 aromatic carbocycles. The van der Waals surface area contributed by atoms with E-state index in [4.69, 9.17) is 9.47 Å². The van der Waals surface area contributed by atoms with E-state index in [0.717, 1.165) is 18.7 Å². The van der Waals surface area contributed by atoms with Gasteiger partial charge in [0.25, 0.3) is 0 Å². The zero-order valence-corrected chi connectivity index (χ0v) is 33.9. The molecule has 322 valence electrons. The predicted octanol–water partition coefficient (Wildman–Crippen LogP) is 9.47.